The second-order valence-corrected chi connectivity index (χ2v) is 4.68. The third-order valence-corrected chi connectivity index (χ3v) is 3.49. The summed E-state index contributed by atoms with van der Waals surface area (Å²) in [4.78, 5) is 14.2. The number of rotatable bonds is 5. The highest BCUT2D eigenvalue weighted by Crippen LogP contribution is 2.29. The molecule has 112 valence electrons. The largest absolute Gasteiger partial charge is 0.493 e. The lowest BCUT2D eigenvalue weighted by Crippen LogP contribution is -2.29. The maximum atomic E-state index is 12.5. The third kappa shape index (κ3) is 3.02. The fraction of sp³-hybridized carbons (Fsp3) is 0.312. The van der Waals surface area contributed by atoms with Crippen LogP contribution in [0.2, 0.25) is 0 Å². The minimum Gasteiger partial charge on any atom is -0.493 e. The van der Waals surface area contributed by atoms with Crippen LogP contribution >= 0.6 is 0 Å². The van der Waals surface area contributed by atoms with E-state index >= 15 is 0 Å². The summed E-state index contributed by atoms with van der Waals surface area (Å²) in [5.74, 6) is 1.75. The number of furan rings is 1. The van der Waals surface area contributed by atoms with Crippen molar-refractivity contribution in [3.05, 3.63) is 47.9 Å². The number of hydrogen-bond acceptors (Lipinski definition) is 4. The molecule has 0 aliphatic rings. The number of hydrogen-bond donors (Lipinski definition) is 0. The Kier molecular flexibility index (Phi) is 4.52. The predicted molar refractivity (Wildman–Crippen MR) is 78.8 cm³/mol. The molecule has 0 saturated carbocycles. The summed E-state index contributed by atoms with van der Waals surface area (Å²) in [6.07, 6.45) is 1.60. The molecule has 1 unspecified atom stereocenters. The van der Waals surface area contributed by atoms with Crippen molar-refractivity contribution in [1.82, 2.24) is 4.90 Å². The first-order valence-electron chi connectivity index (χ1n) is 6.61. The van der Waals surface area contributed by atoms with Crippen LogP contribution in [0, 0.1) is 0 Å². The second-order valence-electron chi connectivity index (χ2n) is 4.68. The van der Waals surface area contributed by atoms with Crippen LogP contribution in [0.5, 0.6) is 11.5 Å². The highest BCUT2D eigenvalue weighted by atomic mass is 16.5. The standard InChI is InChI=1S/C16H19NO4/c1-11(13-6-5-9-21-13)17(2)16(18)12-7-8-14(19-3)15(10-12)20-4/h5-11H,1-4H3. The summed E-state index contributed by atoms with van der Waals surface area (Å²) >= 11 is 0. The molecule has 2 rings (SSSR count). The Morgan fingerprint density at radius 3 is 2.48 bits per heavy atom. The van der Waals surface area contributed by atoms with Gasteiger partial charge in [-0.1, -0.05) is 0 Å². The molecule has 5 nitrogen and oxygen atoms in total. The zero-order valence-corrected chi connectivity index (χ0v) is 12.6. The molecule has 1 aromatic carbocycles. The monoisotopic (exact) mass is 289 g/mol. The number of nitrogens with zero attached hydrogens (tertiary/aromatic N) is 1. The predicted octanol–water partition coefficient (Wildman–Crippen LogP) is 3.13. The van der Waals surface area contributed by atoms with E-state index in [0.717, 1.165) is 5.76 Å². The van der Waals surface area contributed by atoms with Gasteiger partial charge in [-0.25, -0.2) is 0 Å². The second kappa shape index (κ2) is 6.35. The van der Waals surface area contributed by atoms with Crippen molar-refractivity contribution in [3.8, 4) is 11.5 Å². The van der Waals surface area contributed by atoms with E-state index in [1.807, 2.05) is 13.0 Å². The van der Waals surface area contributed by atoms with Crippen molar-refractivity contribution < 1.29 is 18.7 Å². The SMILES string of the molecule is COc1ccc(C(=O)N(C)C(C)c2ccco2)cc1OC. The molecule has 0 N–H and O–H groups in total. The van der Waals surface area contributed by atoms with Crippen LogP contribution in [0.3, 0.4) is 0 Å². The Morgan fingerprint density at radius 2 is 1.90 bits per heavy atom. The first-order valence-corrected chi connectivity index (χ1v) is 6.61. The van der Waals surface area contributed by atoms with Gasteiger partial charge in [-0.2, -0.15) is 0 Å². The van der Waals surface area contributed by atoms with Gasteiger partial charge in [-0.15, -0.1) is 0 Å². The van der Waals surface area contributed by atoms with Gasteiger partial charge < -0.3 is 18.8 Å². The summed E-state index contributed by atoms with van der Waals surface area (Å²) in [7, 11) is 4.85. The van der Waals surface area contributed by atoms with Gasteiger partial charge in [0.1, 0.15) is 5.76 Å². The van der Waals surface area contributed by atoms with Crippen LogP contribution in [0.25, 0.3) is 0 Å². The molecule has 0 radical (unpaired) electrons. The third-order valence-electron chi connectivity index (χ3n) is 3.49. The minimum absolute atomic E-state index is 0.111. The smallest absolute Gasteiger partial charge is 0.254 e. The maximum absolute atomic E-state index is 12.5. The zero-order valence-electron chi connectivity index (χ0n) is 12.6. The molecule has 0 spiro atoms. The van der Waals surface area contributed by atoms with E-state index in [1.165, 1.54) is 0 Å². The lowest BCUT2D eigenvalue weighted by molar-refractivity contribution is 0.0726. The Bertz CT molecular complexity index is 607. The quantitative estimate of drug-likeness (QED) is 0.848. The average molecular weight is 289 g/mol. The molecule has 1 atom stereocenters. The molecular formula is C16H19NO4. The van der Waals surface area contributed by atoms with Gasteiger partial charge in [0.05, 0.1) is 26.5 Å². The van der Waals surface area contributed by atoms with Gasteiger partial charge in [-0.3, -0.25) is 4.79 Å². The number of carbonyl (C=O) groups excluding carboxylic acids is 1. The van der Waals surface area contributed by atoms with Gasteiger partial charge in [0.2, 0.25) is 0 Å². The van der Waals surface area contributed by atoms with Crippen molar-refractivity contribution in [3.63, 3.8) is 0 Å². The number of ether oxygens (including phenoxy) is 2. The van der Waals surface area contributed by atoms with Gasteiger partial charge in [0.25, 0.3) is 5.91 Å². The van der Waals surface area contributed by atoms with Gasteiger partial charge in [-0.05, 0) is 37.3 Å². The van der Waals surface area contributed by atoms with E-state index in [1.54, 1.807) is 56.7 Å². The molecule has 0 fully saturated rings. The van der Waals surface area contributed by atoms with Crippen molar-refractivity contribution in [1.29, 1.82) is 0 Å². The van der Waals surface area contributed by atoms with E-state index in [-0.39, 0.29) is 11.9 Å². The lowest BCUT2D eigenvalue weighted by Gasteiger charge is -2.23. The molecule has 0 aliphatic carbocycles. The highest BCUT2D eigenvalue weighted by molar-refractivity contribution is 5.95. The average Bonchev–Trinajstić information content (AvgIpc) is 3.06. The summed E-state index contributed by atoms with van der Waals surface area (Å²) < 4.78 is 15.7. The van der Waals surface area contributed by atoms with Crippen molar-refractivity contribution in [2.45, 2.75) is 13.0 Å². The van der Waals surface area contributed by atoms with E-state index in [9.17, 15) is 4.79 Å². The van der Waals surface area contributed by atoms with Gasteiger partial charge >= 0.3 is 0 Å². The van der Waals surface area contributed by atoms with Crippen molar-refractivity contribution in [2.75, 3.05) is 21.3 Å². The van der Waals surface area contributed by atoms with Crippen LogP contribution < -0.4 is 9.47 Å². The summed E-state index contributed by atoms with van der Waals surface area (Å²) in [6, 6.07) is 8.61. The molecule has 0 bridgehead atoms. The Morgan fingerprint density at radius 1 is 1.19 bits per heavy atom. The number of benzene rings is 1. The lowest BCUT2D eigenvalue weighted by atomic mass is 10.1. The molecule has 0 saturated heterocycles. The van der Waals surface area contributed by atoms with Crippen LogP contribution in [0.15, 0.2) is 41.0 Å². The first kappa shape index (κ1) is 15.0. The van der Waals surface area contributed by atoms with Crippen LogP contribution in [0.1, 0.15) is 29.1 Å². The van der Waals surface area contributed by atoms with E-state index in [0.29, 0.717) is 17.1 Å². The first-order chi connectivity index (χ1) is 10.1. The zero-order chi connectivity index (χ0) is 15.4. The van der Waals surface area contributed by atoms with Gasteiger partial charge in [0.15, 0.2) is 11.5 Å². The fourth-order valence-corrected chi connectivity index (χ4v) is 2.07. The molecule has 1 heterocycles. The molecule has 5 heteroatoms. The number of methoxy groups -OCH3 is 2. The molecule has 1 aromatic heterocycles. The highest BCUT2D eigenvalue weighted by Gasteiger charge is 2.21. The van der Waals surface area contributed by atoms with Crippen LogP contribution in [-0.4, -0.2) is 32.1 Å². The molecule has 2 aromatic rings. The normalized spacial score (nSPS) is 11.8. The Labute approximate surface area is 124 Å². The van der Waals surface area contributed by atoms with Crippen LogP contribution in [0.4, 0.5) is 0 Å². The number of carbonyl (C=O) groups is 1. The number of amides is 1. The molecular weight excluding hydrogens is 270 g/mol. The summed E-state index contributed by atoms with van der Waals surface area (Å²) in [5, 5.41) is 0. The molecule has 1 amide bonds. The van der Waals surface area contributed by atoms with E-state index in [2.05, 4.69) is 0 Å². The Balaban J connectivity index is 2.23. The minimum atomic E-state index is -0.152. The summed E-state index contributed by atoms with van der Waals surface area (Å²) in [6.45, 7) is 1.91. The molecule has 0 aliphatic heterocycles. The maximum Gasteiger partial charge on any atom is 0.254 e. The Hall–Kier alpha value is -2.43. The van der Waals surface area contributed by atoms with Gasteiger partial charge in [0, 0.05) is 12.6 Å². The van der Waals surface area contributed by atoms with E-state index in [4.69, 9.17) is 13.9 Å². The molecule has 21 heavy (non-hydrogen) atoms. The fourth-order valence-electron chi connectivity index (χ4n) is 2.07. The van der Waals surface area contributed by atoms with Crippen molar-refractivity contribution in [2.24, 2.45) is 0 Å². The van der Waals surface area contributed by atoms with E-state index < -0.39 is 0 Å². The topological polar surface area (TPSA) is 51.9 Å². The summed E-state index contributed by atoms with van der Waals surface area (Å²) in [5.41, 5.74) is 0.536. The van der Waals surface area contributed by atoms with Crippen LogP contribution in [-0.2, 0) is 0 Å². The van der Waals surface area contributed by atoms with Crippen molar-refractivity contribution >= 4 is 5.91 Å².